The van der Waals surface area contributed by atoms with Crippen molar-refractivity contribution < 1.29 is 13.6 Å². The molecular weight excluding hydrogens is 240 g/mol. The molecule has 0 bridgehead atoms. The lowest BCUT2D eigenvalue weighted by molar-refractivity contribution is 0.00647. The van der Waals surface area contributed by atoms with Crippen molar-refractivity contribution in [1.29, 1.82) is 0 Å². The summed E-state index contributed by atoms with van der Waals surface area (Å²) in [6.45, 7) is -0.215. The van der Waals surface area contributed by atoms with E-state index in [1.165, 1.54) is 4.90 Å². The third-order valence-corrected chi connectivity index (χ3v) is 3.23. The van der Waals surface area contributed by atoms with Crippen molar-refractivity contribution in [1.82, 2.24) is 9.80 Å². The van der Waals surface area contributed by atoms with Gasteiger partial charge in [-0.3, -0.25) is 9.80 Å². The van der Waals surface area contributed by atoms with Crippen molar-refractivity contribution in [2.75, 3.05) is 33.8 Å². The van der Waals surface area contributed by atoms with Crippen LogP contribution in [0, 0.1) is 0 Å². The van der Waals surface area contributed by atoms with E-state index in [-0.39, 0.29) is 12.1 Å². The van der Waals surface area contributed by atoms with E-state index in [0.717, 1.165) is 25.9 Å². The van der Waals surface area contributed by atoms with Crippen molar-refractivity contribution in [2.24, 2.45) is 0 Å². The maximum absolute atomic E-state index is 12.0. The fraction of sp³-hybridized carbons (Fsp3) is 0.533. The summed E-state index contributed by atoms with van der Waals surface area (Å²) in [6, 6.07) is 8.95. The van der Waals surface area contributed by atoms with Gasteiger partial charge in [-0.05, 0) is 39.0 Å². The normalized spacial score (nSPS) is 20.6. The molecule has 1 aliphatic rings. The Bertz CT molecular complexity index is 485. The molecule has 1 heterocycles. The minimum atomic E-state index is -2.07. The van der Waals surface area contributed by atoms with Crippen molar-refractivity contribution >= 4 is 5.97 Å². The number of hydrogen-bond donors (Lipinski definition) is 0. The van der Waals surface area contributed by atoms with Crippen LogP contribution in [0.25, 0.3) is 0 Å². The average molecular weight is 265 g/mol. The lowest BCUT2D eigenvalue weighted by atomic mass is 10.1. The number of hydrogen-bond acceptors (Lipinski definition) is 4. The molecule has 1 aromatic rings. The molecule has 0 saturated carbocycles. The summed E-state index contributed by atoms with van der Waals surface area (Å²) in [5, 5.41) is 0. The van der Waals surface area contributed by atoms with E-state index in [9.17, 15) is 4.79 Å². The third kappa shape index (κ3) is 4.33. The number of piperidine rings is 1. The van der Waals surface area contributed by atoms with Crippen molar-refractivity contribution in [3.05, 3.63) is 35.9 Å². The van der Waals surface area contributed by atoms with Gasteiger partial charge in [0, 0.05) is 17.2 Å². The molecule has 4 nitrogen and oxygen atoms in total. The molecule has 0 unspecified atom stereocenters. The highest BCUT2D eigenvalue weighted by Gasteiger charge is 2.22. The number of nitrogens with zero attached hydrogens (tertiary/aromatic N) is 2. The number of rotatable bonds is 4. The maximum Gasteiger partial charge on any atom is 0.338 e. The lowest BCUT2D eigenvalue weighted by Crippen LogP contribution is -2.42. The molecule has 0 atom stereocenters. The highest BCUT2D eigenvalue weighted by atomic mass is 16.5. The number of benzene rings is 1. The van der Waals surface area contributed by atoms with Crippen LogP contribution in [0.3, 0.4) is 0 Å². The van der Waals surface area contributed by atoms with E-state index < -0.39 is 6.98 Å². The van der Waals surface area contributed by atoms with Crippen LogP contribution in [0.1, 0.15) is 27.3 Å². The Morgan fingerprint density at radius 2 is 2.11 bits per heavy atom. The zero-order valence-electron chi connectivity index (χ0n) is 14.2. The molecular formula is C15H22N2O2. The summed E-state index contributed by atoms with van der Waals surface area (Å²) in [4.78, 5) is 15.4. The average Bonchev–Trinajstić information content (AvgIpc) is 2.49. The van der Waals surface area contributed by atoms with E-state index in [1.807, 2.05) is 18.2 Å². The van der Waals surface area contributed by atoms with Gasteiger partial charge < -0.3 is 4.74 Å². The van der Waals surface area contributed by atoms with Crippen molar-refractivity contribution in [3.63, 3.8) is 0 Å². The Hall–Kier alpha value is -1.39. The van der Waals surface area contributed by atoms with Crippen LogP contribution in [-0.4, -0.2) is 55.7 Å². The Labute approximate surface area is 119 Å². The molecule has 0 radical (unpaired) electrons. The Balaban J connectivity index is 1.77. The third-order valence-electron chi connectivity index (χ3n) is 3.23. The van der Waals surface area contributed by atoms with Crippen LogP contribution in [0.5, 0.6) is 0 Å². The molecule has 2 rings (SSSR count). The van der Waals surface area contributed by atoms with E-state index >= 15 is 0 Å². The van der Waals surface area contributed by atoms with Gasteiger partial charge in [0.1, 0.15) is 6.10 Å². The van der Waals surface area contributed by atoms with Gasteiger partial charge in [0.05, 0.1) is 12.2 Å². The molecule has 1 aliphatic heterocycles. The molecule has 4 heteroatoms. The quantitative estimate of drug-likeness (QED) is 0.778. The summed E-state index contributed by atoms with van der Waals surface area (Å²) in [7, 11) is 1.59. The standard InChI is InChI=1S/C15H22N2O2/c1-16(2)12-17-10-8-14(9-11-17)19-15(18)13-6-4-3-5-7-13/h3-7,14H,8-12H2,1-2H3/i1D3. The van der Waals surface area contributed by atoms with Gasteiger partial charge in [0.15, 0.2) is 0 Å². The molecule has 0 amide bonds. The number of carbonyl (C=O) groups excluding carboxylic acids is 1. The highest BCUT2D eigenvalue weighted by molar-refractivity contribution is 5.89. The topological polar surface area (TPSA) is 32.8 Å². The van der Waals surface area contributed by atoms with Crippen LogP contribution >= 0.6 is 0 Å². The van der Waals surface area contributed by atoms with Crippen LogP contribution in [0.4, 0.5) is 0 Å². The van der Waals surface area contributed by atoms with Gasteiger partial charge in [-0.2, -0.15) is 0 Å². The van der Waals surface area contributed by atoms with Gasteiger partial charge >= 0.3 is 5.97 Å². The SMILES string of the molecule is [2H]C([2H])([2H])N(C)CN1CCC(OC(=O)c2ccccc2)CC1. The Kier molecular flexibility index (Phi) is 3.66. The van der Waals surface area contributed by atoms with Crippen molar-refractivity contribution in [3.8, 4) is 0 Å². The van der Waals surface area contributed by atoms with Crippen LogP contribution in [0.15, 0.2) is 30.3 Å². The molecule has 1 saturated heterocycles. The predicted octanol–water partition coefficient (Wildman–Crippen LogP) is 1.83. The first-order valence-corrected chi connectivity index (χ1v) is 6.56. The molecule has 104 valence electrons. The first-order valence-electron chi connectivity index (χ1n) is 8.06. The first kappa shape index (κ1) is 10.4. The maximum atomic E-state index is 12.0. The molecule has 1 aromatic carbocycles. The second-order valence-corrected chi connectivity index (χ2v) is 4.93. The molecule has 19 heavy (non-hydrogen) atoms. The van der Waals surface area contributed by atoms with Gasteiger partial charge in [0.2, 0.25) is 0 Å². The second kappa shape index (κ2) is 6.68. The Morgan fingerprint density at radius 3 is 2.74 bits per heavy atom. The van der Waals surface area contributed by atoms with Crippen LogP contribution < -0.4 is 0 Å². The molecule has 1 fully saturated rings. The molecule has 0 N–H and O–H groups in total. The van der Waals surface area contributed by atoms with E-state index in [2.05, 4.69) is 4.90 Å². The summed E-state index contributed by atoms with van der Waals surface area (Å²) < 4.78 is 27.5. The van der Waals surface area contributed by atoms with E-state index in [4.69, 9.17) is 8.85 Å². The second-order valence-electron chi connectivity index (χ2n) is 4.93. The van der Waals surface area contributed by atoms with Crippen LogP contribution in [-0.2, 0) is 4.74 Å². The van der Waals surface area contributed by atoms with E-state index in [1.54, 1.807) is 19.2 Å². The van der Waals surface area contributed by atoms with E-state index in [0.29, 0.717) is 12.2 Å². The summed E-state index contributed by atoms with van der Waals surface area (Å²) in [6.07, 6.45) is 1.36. The Morgan fingerprint density at radius 1 is 1.42 bits per heavy atom. The minimum Gasteiger partial charge on any atom is -0.459 e. The number of likely N-dealkylation sites (tertiary alicyclic amines) is 1. The summed E-state index contributed by atoms with van der Waals surface area (Å²) in [5.74, 6) is -0.293. The van der Waals surface area contributed by atoms with Gasteiger partial charge in [-0.1, -0.05) is 18.2 Å². The smallest absolute Gasteiger partial charge is 0.338 e. The summed E-state index contributed by atoms with van der Waals surface area (Å²) in [5.41, 5.74) is 0.562. The number of ether oxygens (including phenoxy) is 1. The lowest BCUT2D eigenvalue weighted by Gasteiger charge is -2.33. The first-order chi connectivity index (χ1) is 10.4. The fourth-order valence-electron chi connectivity index (χ4n) is 2.26. The molecule has 0 aromatic heterocycles. The monoisotopic (exact) mass is 265 g/mol. The van der Waals surface area contributed by atoms with Gasteiger partial charge in [-0.25, -0.2) is 4.79 Å². The van der Waals surface area contributed by atoms with Gasteiger partial charge in [0.25, 0.3) is 0 Å². The number of carbonyl (C=O) groups is 1. The zero-order valence-corrected chi connectivity index (χ0v) is 11.2. The largest absolute Gasteiger partial charge is 0.459 e. The summed E-state index contributed by atoms with van der Waals surface area (Å²) >= 11 is 0. The number of esters is 1. The van der Waals surface area contributed by atoms with Gasteiger partial charge in [-0.15, -0.1) is 0 Å². The minimum absolute atomic E-state index is 0.0953. The van der Waals surface area contributed by atoms with Crippen molar-refractivity contribution in [2.45, 2.75) is 18.9 Å². The van der Waals surface area contributed by atoms with Crippen LogP contribution in [0.2, 0.25) is 0 Å². The predicted molar refractivity (Wildman–Crippen MR) is 75.0 cm³/mol. The zero-order chi connectivity index (χ0) is 16.2. The molecule has 0 aliphatic carbocycles. The molecule has 0 spiro atoms. The fourth-order valence-corrected chi connectivity index (χ4v) is 2.26. The highest BCUT2D eigenvalue weighted by Crippen LogP contribution is 2.15.